The van der Waals surface area contributed by atoms with E-state index in [0.717, 1.165) is 6.04 Å². The van der Waals surface area contributed by atoms with Crippen LogP contribution >= 0.6 is 0 Å². The molecule has 2 aliphatic rings. The molecular weight excluding hydrogens is 232 g/mol. The van der Waals surface area contributed by atoms with Crippen LogP contribution in [0.1, 0.15) is 39.2 Å². The Bertz CT molecular complexity index is 430. The van der Waals surface area contributed by atoms with E-state index >= 15 is 0 Å². The van der Waals surface area contributed by atoms with E-state index < -0.39 is 0 Å². The van der Waals surface area contributed by atoms with Gasteiger partial charge in [0.1, 0.15) is 0 Å². The molecule has 0 aromatic heterocycles. The van der Waals surface area contributed by atoms with Crippen molar-refractivity contribution in [2.45, 2.75) is 45.1 Å². The highest BCUT2D eigenvalue weighted by atomic mass is 15.3. The van der Waals surface area contributed by atoms with Crippen molar-refractivity contribution >= 4 is 5.69 Å². The monoisotopic (exact) mass is 258 g/mol. The van der Waals surface area contributed by atoms with Crippen LogP contribution < -0.4 is 4.90 Å². The molecule has 0 N–H and O–H groups in total. The van der Waals surface area contributed by atoms with Crippen LogP contribution in [0.2, 0.25) is 0 Å². The lowest BCUT2D eigenvalue weighted by Crippen LogP contribution is -2.50. The Kier molecular flexibility index (Phi) is 3.30. The minimum absolute atomic E-state index is 0.253. The van der Waals surface area contributed by atoms with Crippen molar-refractivity contribution in [2.75, 3.05) is 31.1 Å². The lowest BCUT2D eigenvalue weighted by molar-refractivity contribution is 0.231. The first-order valence-electron chi connectivity index (χ1n) is 7.63. The molecule has 104 valence electrons. The summed E-state index contributed by atoms with van der Waals surface area (Å²) in [5.74, 6) is 0. The fourth-order valence-corrected chi connectivity index (χ4v) is 3.40. The maximum atomic E-state index is 2.67. The second-order valence-electron chi connectivity index (χ2n) is 7.07. The summed E-state index contributed by atoms with van der Waals surface area (Å²) < 4.78 is 0. The zero-order valence-corrected chi connectivity index (χ0v) is 12.5. The smallest absolute Gasteiger partial charge is 0.0367 e. The predicted molar refractivity (Wildman–Crippen MR) is 82.0 cm³/mol. The van der Waals surface area contributed by atoms with Crippen LogP contribution in [-0.4, -0.2) is 37.1 Å². The lowest BCUT2D eigenvalue weighted by atomic mass is 9.87. The van der Waals surface area contributed by atoms with Crippen LogP contribution in [0.3, 0.4) is 0 Å². The Morgan fingerprint density at radius 2 is 1.74 bits per heavy atom. The summed E-state index contributed by atoms with van der Waals surface area (Å²) in [6.07, 6.45) is 2.78. The molecule has 0 unspecified atom stereocenters. The molecule has 0 saturated carbocycles. The van der Waals surface area contributed by atoms with Gasteiger partial charge in [-0.15, -0.1) is 0 Å². The van der Waals surface area contributed by atoms with Crippen molar-refractivity contribution in [3.05, 3.63) is 29.8 Å². The molecule has 0 aliphatic carbocycles. The molecule has 2 saturated heterocycles. The molecule has 0 radical (unpaired) electrons. The number of fused-ring (bicyclic) bond motifs is 1. The van der Waals surface area contributed by atoms with E-state index in [1.54, 1.807) is 0 Å². The van der Waals surface area contributed by atoms with Gasteiger partial charge in [-0.3, -0.25) is 4.90 Å². The molecule has 3 rings (SSSR count). The maximum absolute atomic E-state index is 2.67. The molecule has 2 heterocycles. The first kappa shape index (κ1) is 13.0. The van der Waals surface area contributed by atoms with Crippen molar-refractivity contribution in [1.29, 1.82) is 0 Å². The van der Waals surface area contributed by atoms with Gasteiger partial charge in [0, 0.05) is 31.4 Å². The van der Waals surface area contributed by atoms with Gasteiger partial charge in [-0.05, 0) is 42.5 Å². The van der Waals surface area contributed by atoms with E-state index in [4.69, 9.17) is 0 Å². The molecule has 2 heteroatoms. The molecule has 19 heavy (non-hydrogen) atoms. The molecule has 1 aromatic rings. The van der Waals surface area contributed by atoms with Gasteiger partial charge in [-0.1, -0.05) is 32.9 Å². The highest BCUT2D eigenvalue weighted by molar-refractivity contribution is 5.49. The Balaban J connectivity index is 1.72. The Hall–Kier alpha value is -1.02. The second kappa shape index (κ2) is 4.82. The van der Waals surface area contributed by atoms with E-state index in [1.165, 1.54) is 50.3 Å². The van der Waals surface area contributed by atoms with E-state index in [9.17, 15) is 0 Å². The molecule has 2 nitrogen and oxygen atoms in total. The highest BCUT2D eigenvalue weighted by Crippen LogP contribution is 2.28. The minimum Gasteiger partial charge on any atom is -0.369 e. The van der Waals surface area contributed by atoms with Gasteiger partial charge in [-0.25, -0.2) is 0 Å². The lowest BCUT2D eigenvalue weighted by Gasteiger charge is -2.39. The highest BCUT2D eigenvalue weighted by Gasteiger charge is 2.30. The summed E-state index contributed by atoms with van der Waals surface area (Å²) in [6.45, 7) is 11.8. The van der Waals surface area contributed by atoms with Crippen LogP contribution in [0, 0.1) is 0 Å². The van der Waals surface area contributed by atoms with Crippen molar-refractivity contribution in [2.24, 2.45) is 0 Å². The largest absolute Gasteiger partial charge is 0.369 e. The van der Waals surface area contributed by atoms with Gasteiger partial charge in [0.15, 0.2) is 0 Å². The Labute approximate surface area is 117 Å². The Morgan fingerprint density at radius 3 is 2.42 bits per heavy atom. The first-order valence-corrected chi connectivity index (χ1v) is 7.63. The second-order valence-corrected chi connectivity index (χ2v) is 7.07. The summed E-state index contributed by atoms with van der Waals surface area (Å²) in [5.41, 5.74) is 3.08. The summed E-state index contributed by atoms with van der Waals surface area (Å²) in [4.78, 5) is 5.24. The average molecular weight is 258 g/mol. The normalized spacial score (nSPS) is 24.6. The number of piperazine rings is 1. The van der Waals surface area contributed by atoms with Crippen LogP contribution in [-0.2, 0) is 5.41 Å². The fraction of sp³-hybridized carbons (Fsp3) is 0.647. The van der Waals surface area contributed by atoms with Gasteiger partial charge in [0.05, 0.1) is 0 Å². The van der Waals surface area contributed by atoms with Gasteiger partial charge in [0.25, 0.3) is 0 Å². The Morgan fingerprint density at radius 1 is 1.00 bits per heavy atom. The molecular formula is C17H26N2. The molecule has 0 amide bonds. The van der Waals surface area contributed by atoms with Crippen molar-refractivity contribution in [3.8, 4) is 0 Å². The topological polar surface area (TPSA) is 6.48 Å². The quantitative estimate of drug-likeness (QED) is 0.763. The van der Waals surface area contributed by atoms with Crippen molar-refractivity contribution in [1.82, 2.24) is 4.90 Å². The molecule has 1 aromatic carbocycles. The zero-order chi connectivity index (χ0) is 13.5. The van der Waals surface area contributed by atoms with Crippen LogP contribution in [0.15, 0.2) is 24.3 Å². The molecule has 2 fully saturated rings. The first-order chi connectivity index (χ1) is 9.04. The van der Waals surface area contributed by atoms with Crippen molar-refractivity contribution < 1.29 is 0 Å². The van der Waals surface area contributed by atoms with E-state index in [2.05, 4.69) is 54.8 Å². The summed E-state index contributed by atoms with van der Waals surface area (Å²) >= 11 is 0. The number of hydrogen-bond donors (Lipinski definition) is 0. The summed E-state index contributed by atoms with van der Waals surface area (Å²) in [6, 6.07) is 10.0. The van der Waals surface area contributed by atoms with Gasteiger partial charge >= 0.3 is 0 Å². The predicted octanol–water partition coefficient (Wildman–Crippen LogP) is 3.27. The van der Waals surface area contributed by atoms with E-state index in [-0.39, 0.29) is 5.41 Å². The number of hydrogen-bond acceptors (Lipinski definition) is 2. The summed E-state index contributed by atoms with van der Waals surface area (Å²) in [5, 5.41) is 0. The fourth-order valence-electron chi connectivity index (χ4n) is 3.40. The average Bonchev–Trinajstić information content (AvgIpc) is 2.85. The zero-order valence-electron chi connectivity index (χ0n) is 12.5. The van der Waals surface area contributed by atoms with Crippen LogP contribution in [0.25, 0.3) is 0 Å². The standard InChI is InChI=1S/C17H26N2/c1-17(2,3)14-6-8-15(9-7-14)19-12-11-18-10-4-5-16(18)13-19/h6-9,16H,4-5,10-13H2,1-3H3/t16-/m1/s1. The molecule has 1 atom stereocenters. The number of benzene rings is 1. The van der Waals surface area contributed by atoms with Gasteiger partial charge < -0.3 is 4.90 Å². The van der Waals surface area contributed by atoms with E-state index in [1.807, 2.05) is 0 Å². The third-order valence-electron chi connectivity index (χ3n) is 4.69. The third-order valence-corrected chi connectivity index (χ3v) is 4.69. The van der Waals surface area contributed by atoms with Crippen LogP contribution in [0.5, 0.6) is 0 Å². The molecule has 2 aliphatic heterocycles. The molecule has 0 bridgehead atoms. The number of nitrogens with zero attached hydrogens (tertiary/aromatic N) is 2. The van der Waals surface area contributed by atoms with Gasteiger partial charge in [-0.2, -0.15) is 0 Å². The summed E-state index contributed by atoms with van der Waals surface area (Å²) in [7, 11) is 0. The maximum Gasteiger partial charge on any atom is 0.0367 e. The SMILES string of the molecule is CC(C)(C)c1ccc(N2CCN3CCC[C@@H]3C2)cc1. The van der Waals surface area contributed by atoms with Crippen LogP contribution in [0.4, 0.5) is 5.69 Å². The van der Waals surface area contributed by atoms with Crippen molar-refractivity contribution in [3.63, 3.8) is 0 Å². The minimum atomic E-state index is 0.253. The molecule has 0 spiro atoms. The van der Waals surface area contributed by atoms with E-state index in [0.29, 0.717) is 0 Å². The third kappa shape index (κ3) is 2.64. The number of anilines is 1. The number of rotatable bonds is 1. The van der Waals surface area contributed by atoms with Gasteiger partial charge in [0.2, 0.25) is 0 Å².